The molecule has 10 heteroatoms. The topological polar surface area (TPSA) is 102 Å². The zero-order chi connectivity index (χ0) is 37.4. The number of methoxy groups -OCH3 is 2. The third-order valence-electron chi connectivity index (χ3n) is 13.9. The number of carbonyl (C=O) groups excluding carboxylic acids is 2. The molecular weight excluding hydrogens is 662 g/mol. The number of hydrogen-bond acceptors (Lipinski definition) is 10. The van der Waals surface area contributed by atoms with Crippen molar-refractivity contribution < 1.29 is 42.7 Å². The molecule has 8 unspecified atom stereocenters. The second-order valence-electron chi connectivity index (χ2n) is 17.1. The van der Waals surface area contributed by atoms with Crippen molar-refractivity contribution in [1.82, 2.24) is 4.90 Å². The van der Waals surface area contributed by atoms with E-state index in [0.29, 0.717) is 24.3 Å². The molecule has 6 rings (SSSR count). The van der Waals surface area contributed by atoms with Crippen LogP contribution in [0.5, 0.6) is 0 Å². The Kier molecular flexibility index (Phi) is 13.1. The number of fused-ring (bicyclic) bond motifs is 5. The molecule has 10 nitrogen and oxygen atoms in total. The average molecular weight is 730 g/mol. The highest BCUT2D eigenvalue weighted by atomic mass is 16.7. The molecule has 0 bridgehead atoms. The molecule has 3 heterocycles. The van der Waals surface area contributed by atoms with Crippen molar-refractivity contribution in [2.45, 2.75) is 161 Å². The van der Waals surface area contributed by atoms with Crippen LogP contribution >= 0.6 is 0 Å². The average Bonchev–Trinajstić information content (AvgIpc) is 3.69. The zero-order valence-corrected chi connectivity index (χ0v) is 33.5. The van der Waals surface area contributed by atoms with Crippen molar-refractivity contribution in [3.05, 3.63) is 23.3 Å². The Labute approximate surface area is 312 Å². The van der Waals surface area contributed by atoms with Crippen LogP contribution in [0, 0.1) is 41.4 Å². The van der Waals surface area contributed by atoms with Gasteiger partial charge in [0.2, 0.25) is 0 Å². The Balaban J connectivity index is 1.23. The van der Waals surface area contributed by atoms with Gasteiger partial charge in [-0.25, -0.2) is 0 Å². The molecule has 294 valence electrons. The van der Waals surface area contributed by atoms with Gasteiger partial charge in [0.05, 0.1) is 36.9 Å². The number of esters is 1. The second kappa shape index (κ2) is 17.0. The number of cyclic esters (lactones) is 1. The lowest BCUT2D eigenvalue weighted by molar-refractivity contribution is -0.300. The van der Waals surface area contributed by atoms with Gasteiger partial charge in [0.15, 0.2) is 18.4 Å². The van der Waals surface area contributed by atoms with E-state index in [9.17, 15) is 9.59 Å². The second-order valence-corrected chi connectivity index (χ2v) is 17.1. The summed E-state index contributed by atoms with van der Waals surface area (Å²) in [5, 5.41) is 0. The van der Waals surface area contributed by atoms with Crippen LogP contribution in [0.3, 0.4) is 0 Å². The van der Waals surface area contributed by atoms with Gasteiger partial charge in [0.1, 0.15) is 12.2 Å². The summed E-state index contributed by atoms with van der Waals surface area (Å²) in [7, 11) is 7.61. The molecule has 17 atom stereocenters. The largest absolute Gasteiger partial charge is 0.462 e. The van der Waals surface area contributed by atoms with E-state index in [1.807, 2.05) is 6.92 Å². The number of nitrogens with zero attached hydrogens (tertiary/aromatic N) is 1. The molecule has 0 spiro atoms. The number of Topliss-reactive ketones (excluding diaryl/α,β-unsaturated/α-hetero) is 1. The van der Waals surface area contributed by atoms with Gasteiger partial charge in [-0.15, -0.1) is 0 Å². The number of likely N-dealkylation sites (N-methyl/N-ethyl adjacent to an activating group) is 1. The predicted molar refractivity (Wildman–Crippen MR) is 197 cm³/mol. The van der Waals surface area contributed by atoms with E-state index in [0.717, 1.165) is 50.5 Å². The van der Waals surface area contributed by atoms with Crippen molar-refractivity contribution in [2.24, 2.45) is 41.4 Å². The Morgan fingerprint density at radius 3 is 2.27 bits per heavy atom. The molecule has 3 aliphatic heterocycles. The van der Waals surface area contributed by atoms with Crippen LogP contribution in [0.1, 0.15) is 99.3 Å². The molecule has 6 aliphatic rings. The lowest BCUT2D eigenvalue weighted by Crippen LogP contribution is -2.55. The van der Waals surface area contributed by atoms with Crippen LogP contribution in [0.4, 0.5) is 0 Å². The molecule has 0 aromatic rings. The third kappa shape index (κ3) is 8.14. The van der Waals surface area contributed by atoms with Crippen LogP contribution in [0.25, 0.3) is 0 Å². The highest BCUT2D eigenvalue weighted by Crippen LogP contribution is 2.56. The summed E-state index contributed by atoms with van der Waals surface area (Å²) in [6, 6.07) is 0.343. The zero-order valence-electron chi connectivity index (χ0n) is 33.5. The van der Waals surface area contributed by atoms with E-state index in [-0.39, 0.29) is 96.8 Å². The summed E-state index contributed by atoms with van der Waals surface area (Å²) in [5.74, 6) is 0.317. The normalized spacial score (nSPS) is 45.9. The van der Waals surface area contributed by atoms with Crippen molar-refractivity contribution in [3.8, 4) is 0 Å². The molecule has 3 saturated heterocycles. The first-order valence-electron chi connectivity index (χ1n) is 20.3. The van der Waals surface area contributed by atoms with Crippen molar-refractivity contribution in [1.29, 1.82) is 0 Å². The summed E-state index contributed by atoms with van der Waals surface area (Å²) in [6.07, 6.45) is 9.67. The van der Waals surface area contributed by atoms with Gasteiger partial charge in [0.25, 0.3) is 0 Å². The Hall–Kier alpha value is -1.66. The summed E-state index contributed by atoms with van der Waals surface area (Å²) < 4.78 is 44.1. The van der Waals surface area contributed by atoms with Crippen LogP contribution in [-0.4, -0.2) is 106 Å². The standard InChI is InChI=1S/C42H67NO9/c1-11-27-13-12-14-36(52-38-16-15-35(43(7)8)26(6)48-38)24(4)39(45)34-20-32-30(33(34)21-37(44)50-27)17-22(2)29-18-28(19-31(29)32)51-42-41(47-10)40(46-9)23(3)25(5)49-42/h17,20,23-33,35-36,38,40-42H,11-16,18-19,21H2,1-10H3/t23?,24-,25?,26?,27+,28-,29+,30-,31-,32-,33+,35?,36+,38?,40?,41?,42?/m1/s1. The van der Waals surface area contributed by atoms with Crippen molar-refractivity contribution in [3.63, 3.8) is 0 Å². The Bertz CT molecular complexity index is 1320. The molecule has 0 radical (unpaired) electrons. The van der Waals surface area contributed by atoms with E-state index in [1.54, 1.807) is 14.2 Å². The number of ether oxygens (including phenoxy) is 7. The fraction of sp³-hybridized carbons (Fsp3) is 0.857. The van der Waals surface area contributed by atoms with Crippen molar-refractivity contribution >= 4 is 11.8 Å². The number of carbonyl (C=O) groups is 2. The molecule has 4 fully saturated rings. The first-order chi connectivity index (χ1) is 24.8. The molecule has 52 heavy (non-hydrogen) atoms. The lowest BCUT2D eigenvalue weighted by Gasteiger charge is -2.44. The fourth-order valence-corrected chi connectivity index (χ4v) is 10.7. The minimum atomic E-state index is -0.520. The number of allylic oxidation sites excluding steroid dienone is 4. The summed E-state index contributed by atoms with van der Waals surface area (Å²) in [5.41, 5.74) is 2.10. The molecule has 0 aromatic heterocycles. The van der Waals surface area contributed by atoms with Gasteiger partial charge >= 0.3 is 5.97 Å². The van der Waals surface area contributed by atoms with Gasteiger partial charge in [-0.2, -0.15) is 0 Å². The SMILES string of the molecule is CC[C@H]1CCC[C@H](OC2CCC(N(C)C)C(C)O2)[C@@H](C)C(=O)C2=C[C@@H]3[C@@H](C=C(C)[C@@H]4C[C@@H](OC5OC(C)C(C)C(OC)C5OC)C[C@@H]34)[C@@H]2CC(=O)O1. The van der Waals surface area contributed by atoms with Gasteiger partial charge in [-0.1, -0.05) is 38.5 Å². The van der Waals surface area contributed by atoms with Gasteiger partial charge in [0, 0.05) is 38.0 Å². The fourth-order valence-electron chi connectivity index (χ4n) is 10.7. The quantitative estimate of drug-likeness (QED) is 0.203. The molecule has 0 N–H and O–H groups in total. The van der Waals surface area contributed by atoms with E-state index in [4.69, 9.17) is 33.2 Å². The molecule has 3 aliphatic carbocycles. The maximum atomic E-state index is 14.7. The van der Waals surface area contributed by atoms with Gasteiger partial charge in [-0.3, -0.25) is 9.59 Å². The summed E-state index contributed by atoms with van der Waals surface area (Å²) in [6.45, 7) is 12.6. The predicted octanol–water partition coefficient (Wildman–Crippen LogP) is 6.50. The van der Waals surface area contributed by atoms with E-state index < -0.39 is 6.29 Å². The van der Waals surface area contributed by atoms with Crippen LogP contribution in [0.15, 0.2) is 23.3 Å². The van der Waals surface area contributed by atoms with Gasteiger partial charge < -0.3 is 38.1 Å². The summed E-state index contributed by atoms with van der Waals surface area (Å²) in [4.78, 5) is 30.5. The maximum Gasteiger partial charge on any atom is 0.306 e. The number of hydrogen-bond donors (Lipinski definition) is 0. The minimum absolute atomic E-state index is 0.0180. The molecule has 0 amide bonds. The monoisotopic (exact) mass is 729 g/mol. The molecular formula is C42H67NO9. The van der Waals surface area contributed by atoms with E-state index in [2.05, 4.69) is 65.8 Å². The van der Waals surface area contributed by atoms with Gasteiger partial charge in [-0.05, 0) is 115 Å². The van der Waals surface area contributed by atoms with E-state index >= 15 is 0 Å². The van der Waals surface area contributed by atoms with E-state index in [1.165, 1.54) is 5.57 Å². The number of rotatable bonds is 8. The lowest BCUT2D eigenvalue weighted by atomic mass is 9.67. The number of ketones is 1. The molecule has 1 saturated carbocycles. The Morgan fingerprint density at radius 1 is 0.846 bits per heavy atom. The highest BCUT2D eigenvalue weighted by molar-refractivity contribution is 5.99. The highest BCUT2D eigenvalue weighted by Gasteiger charge is 2.53. The first-order valence-corrected chi connectivity index (χ1v) is 20.3. The maximum absolute atomic E-state index is 14.7. The Morgan fingerprint density at radius 2 is 1.60 bits per heavy atom. The third-order valence-corrected chi connectivity index (χ3v) is 13.9. The van der Waals surface area contributed by atoms with Crippen LogP contribution < -0.4 is 0 Å². The summed E-state index contributed by atoms with van der Waals surface area (Å²) >= 11 is 0. The molecule has 0 aromatic carbocycles. The smallest absolute Gasteiger partial charge is 0.306 e. The van der Waals surface area contributed by atoms with Crippen LogP contribution in [0.2, 0.25) is 0 Å². The minimum Gasteiger partial charge on any atom is -0.462 e. The first kappa shape index (κ1) is 40.0. The van der Waals surface area contributed by atoms with Crippen molar-refractivity contribution in [2.75, 3.05) is 28.3 Å². The van der Waals surface area contributed by atoms with Crippen LogP contribution in [-0.2, 0) is 42.7 Å².